The van der Waals surface area contributed by atoms with Gasteiger partial charge in [0.25, 0.3) is 0 Å². The normalized spacial score (nSPS) is 19.9. The summed E-state index contributed by atoms with van der Waals surface area (Å²) in [4.78, 5) is 11.8. The van der Waals surface area contributed by atoms with Gasteiger partial charge in [-0.15, -0.1) is 11.8 Å². The van der Waals surface area contributed by atoms with Crippen molar-refractivity contribution >= 4 is 33.2 Å². The molecule has 1 aliphatic rings. The van der Waals surface area contributed by atoms with Gasteiger partial charge in [-0.2, -0.15) is 5.26 Å². The van der Waals surface area contributed by atoms with Gasteiger partial charge >= 0.3 is 0 Å². The lowest BCUT2D eigenvalue weighted by Crippen LogP contribution is -2.17. The van der Waals surface area contributed by atoms with Gasteiger partial charge in [-0.25, -0.2) is 8.42 Å². The SMILES string of the molecule is N#CCc1ccc(NC(=O)CS[C@@H]2CCS(=O)(=O)C2)cc1. The lowest BCUT2D eigenvalue weighted by atomic mass is 10.1. The van der Waals surface area contributed by atoms with Crippen LogP contribution in [-0.4, -0.2) is 36.8 Å². The van der Waals surface area contributed by atoms with E-state index in [4.69, 9.17) is 5.26 Å². The average Bonchev–Trinajstić information content (AvgIpc) is 2.79. The van der Waals surface area contributed by atoms with E-state index in [0.717, 1.165) is 5.56 Å². The van der Waals surface area contributed by atoms with E-state index in [0.29, 0.717) is 18.5 Å². The quantitative estimate of drug-likeness (QED) is 0.889. The summed E-state index contributed by atoms with van der Waals surface area (Å²) in [6.45, 7) is 0. The molecule has 1 amide bonds. The van der Waals surface area contributed by atoms with Gasteiger partial charge in [-0.1, -0.05) is 12.1 Å². The van der Waals surface area contributed by atoms with Crippen LogP contribution in [0.25, 0.3) is 0 Å². The van der Waals surface area contributed by atoms with Crippen LogP contribution in [-0.2, 0) is 21.1 Å². The minimum absolute atomic E-state index is 0.0266. The van der Waals surface area contributed by atoms with Gasteiger partial charge in [0.15, 0.2) is 9.84 Å². The number of nitrogens with one attached hydrogen (secondary N) is 1. The number of thioether (sulfide) groups is 1. The molecule has 1 fully saturated rings. The minimum atomic E-state index is -2.89. The Hall–Kier alpha value is -1.52. The molecule has 112 valence electrons. The van der Waals surface area contributed by atoms with Gasteiger partial charge in [0.05, 0.1) is 29.7 Å². The highest BCUT2D eigenvalue weighted by Gasteiger charge is 2.28. The van der Waals surface area contributed by atoms with Crippen molar-refractivity contribution in [2.24, 2.45) is 0 Å². The van der Waals surface area contributed by atoms with Gasteiger partial charge in [-0.05, 0) is 24.1 Å². The van der Waals surface area contributed by atoms with Crippen molar-refractivity contribution in [1.82, 2.24) is 0 Å². The summed E-state index contributed by atoms with van der Waals surface area (Å²) in [5.41, 5.74) is 1.59. The number of carbonyl (C=O) groups is 1. The molecule has 1 N–H and O–H groups in total. The zero-order valence-corrected chi connectivity index (χ0v) is 13.0. The van der Waals surface area contributed by atoms with Gasteiger partial charge < -0.3 is 5.32 Å². The minimum Gasteiger partial charge on any atom is -0.325 e. The topological polar surface area (TPSA) is 87.0 Å². The van der Waals surface area contributed by atoms with Crippen LogP contribution in [0.2, 0.25) is 0 Å². The maximum absolute atomic E-state index is 11.8. The van der Waals surface area contributed by atoms with Crippen molar-refractivity contribution in [3.8, 4) is 6.07 Å². The molecule has 0 spiro atoms. The molecule has 0 aliphatic carbocycles. The average molecular weight is 324 g/mol. The van der Waals surface area contributed by atoms with E-state index in [9.17, 15) is 13.2 Å². The summed E-state index contributed by atoms with van der Waals surface area (Å²) in [7, 11) is -2.89. The van der Waals surface area contributed by atoms with Crippen molar-refractivity contribution in [2.75, 3.05) is 22.6 Å². The molecule has 1 heterocycles. The highest BCUT2D eigenvalue weighted by molar-refractivity contribution is 8.02. The number of hydrogen-bond acceptors (Lipinski definition) is 5. The summed E-state index contributed by atoms with van der Waals surface area (Å²) >= 11 is 1.39. The maximum Gasteiger partial charge on any atom is 0.234 e. The Kier molecular flexibility index (Phi) is 5.26. The van der Waals surface area contributed by atoms with Crippen LogP contribution < -0.4 is 5.32 Å². The monoisotopic (exact) mass is 324 g/mol. The molecule has 0 bridgehead atoms. The Morgan fingerprint density at radius 3 is 2.67 bits per heavy atom. The van der Waals surface area contributed by atoms with E-state index >= 15 is 0 Å². The summed E-state index contributed by atoms with van der Waals surface area (Å²) in [5.74, 6) is 0.512. The summed E-state index contributed by atoms with van der Waals surface area (Å²) in [6, 6.07) is 9.18. The van der Waals surface area contributed by atoms with E-state index in [1.807, 2.05) is 0 Å². The van der Waals surface area contributed by atoms with Gasteiger partial charge in [0.2, 0.25) is 5.91 Å². The van der Waals surface area contributed by atoms with Crippen LogP contribution in [0, 0.1) is 11.3 Å². The van der Waals surface area contributed by atoms with Gasteiger partial charge in [0, 0.05) is 10.9 Å². The van der Waals surface area contributed by atoms with Crippen LogP contribution in [0.1, 0.15) is 12.0 Å². The van der Waals surface area contributed by atoms with Crippen LogP contribution in [0.5, 0.6) is 0 Å². The van der Waals surface area contributed by atoms with Crippen molar-refractivity contribution < 1.29 is 13.2 Å². The Balaban J connectivity index is 1.78. The highest BCUT2D eigenvalue weighted by atomic mass is 32.2. The van der Waals surface area contributed by atoms with Crippen molar-refractivity contribution in [2.45, 2.75) is 18.1 Å². The molecule has 21 heavy (non-hydrogen) atoms. The first-order chi connectivity index (χ1) is 9.98. The number of rotatable bonds is 5. The van der Waals surface area contributed by atoms with E-state index in [1.165, 1.54) is 11.8 Å². The molecular weight excluding hydrogens is 308 g/mol. The fourth-order valence-electron chi connectivity index (χ4n) is 2.08. The third kappa shape index (κ3) is 5.06. The molecule has 1 atom stereocenters. The number of anilines is 1. The third-order valence-corrected chi connectivity index (χ3v) is 6.44. The molecule has 7 heteroatoms. The first-order valence-corrected chi connectivity index (χ1v) is 9.43. The van der Waals surface area contributed by atoms with Crippen LogP contribution >= 0.6 is 11.8 Å². The van der Waals surface area contributed by atoms with Crippen LogP contribution in [0.15, 0.2) is 24.3 Å². The number of nitriles is 1. The van der Waals surface area contributed by atoms with Crippen molar-refractivity contribution in [3.05, 3.63) is 29.8 Å². The second kappa shape index (κ2) is 6.96. The largest absolute Gasteiger partial charge is 0.325 e. The van der Waals surface area contributed by atoms with Crippen LogP contribution in [0.3, 0.4) is 0 Å². The fourth-order valence-corrected chi connectivity index (χ4v) is 5.52. The Labute approximate surface area is 128 Å². The number of carbonyl (C=O) groups excluding carboxylic acids is 1. The second-order valence-corrected chi connectivity index (χ2v) is 8.43. The highest BCUT2D eigenvalue weighted by Crippen LogP contribution is 2.24. The zero-order valence-electron chi connectivity index (χ0n) is 11.4. The van der Waals surface area contributed by atoms with E-state index in [2.05, 4.69) is 11.4 Å². The van der Waals surface area contributed by atoms with Crippen molar-refractivity contribution in [1.29, 1.82) is 5.26 Å². The smallest absolute Gasteiger partial charge is 0.234 e. The molecule has 1 aromatic rings. The summed E-state index contributed by atoms with van der Waals surface area (Å²) in [6.07, 6.45) is 0.976. The molecular formula is C14H16N2O3S2. The Bertz CT molecular complexity index is 648. The van der Waals surface area contributed by atoms with Crippen LogP contribution in [0.4, 0.5) is 5.69 Å². The molecule has 2 rings (SSSR count). The number of amides is 1. The molecule has 0 radical (unpaired) electrons. The molecule has 1 saturated heterocycles. The summed E-state index contributed by atoms with van der Waals surface area (Å²) in [5, 5.41) is 11.4. The second-order valence-electron chi connectivity index (χ2n) is 4.92. The number of hydrogen-bond donors (Lipinski definition) is 1. The molecule has 1 aliphatic heterocycles. The molecule has 1 aromatic carbocycles. The molecule has 5 nitrogen and oxygen atoms in total. The van der Waals surface area contributed by atoms with Crippen molar-refractivity contribution in [3.63, 3.8) is 0 Å². The predicted molar refractivity (Wildman–Crippen MR) is 83.9 cm³/mol. The lowest BCUT2D eigenvalue weighted by molar-refractivity contribution is -0.113. The molecule has 0 unspecified atom stereocenters. The van der Waals surface area contributed by atoms with Gasteiger partial charge in [0.1, 0.15) is 0 Å². The first kappa shape index (κ1) is 15.9. The molecule has 0 aromatic heterocycles. The Morgan fingerprint density at radius 2 is 2.10 bits per heavy atom. The maximum atomic E-state index is 11.8. The van der Waals surface area contributed by atoms with E-state index in [1.54, 1.807) is 24.3 Å². The zero-order chi connectivity index (χ0) is 15.3. The van der Waals surface area contributed by atoms with E-state index in [-0.39, 0.29) is 28.4 Å². The van der Waals surface area contributed by atoms with Gasteiger partial charge in [-0.3, -0.25) is 4.79 Å². The first-order valence-electron chi connectivity index (χ1n) is 6.56. The molecule has 0 saturated carbocycles. The number of sulfone groups is 1. The number of benzene rings is 1. The lowest BCUT2D eigenvalue weighted by Gasteiger charge is -2.08. The standard InChI is InChI=1S/C14H16N2O3S2/c15-7-5-11-1-3-12(4-2-11)16-14(17)9-20-13-6-8-21(18,19)10-13/h1-4,13H,5-6,8-10H2,(H,16,17)/t13-/m1/s1. The number of nitrogens with zero attached hydrogens (tertiary/aromatic N) is 1. The third-order valence-electron chi connectivity index (χ3n) is 3.16. The Morgan fingerprint density at radius 1 is 1.38 bits per heavy atom. The predicted octanol–water partition coefficient (Wildman–Crippen LogP) is 1.61. The summed E-state index contributed by atoms with van der Waals surface area (Å²) < 4.78 is 22.7. The van der Waals surface area contributed by atoms with E-state index < -0.39 is 9.84 Å². The fraction of sp³-hybridized carbons (Fsp3) is 0.429.